The molecule has 0 aromatic carbocycles. The van der Waals surface area contributed by atoms with Gasteiger partial charge in [-0.1, -0.05) is 0 Å². The molecule has 1 aliphatic rings. The number of hydrogen-bond donors (Lipinski definition) is 2. The Labute approximate surface area is 78.8 Å². The highest BCUT2D eigenvalue weighted by molar-refractivity contribution is 5.73. The minimum Gasteiger partial charge on any atom is -0.326 e. The van der Waals surface area contributed by atoms with Crippen molar-refractivity contribution in [2.24, 2.45) is 11.8 Å². The number of nitrogens with two attached hydrogens (primary N) is 1. The Bertz CT molecular complexity index is 185. The largest absolute Gasteiger partial charge is 0.331 e. The zero-order valence-corrected chi connectivity index (χ0v) is 8.29. The molecule has 3 N–H and O–H groups in total. The second-order valence-electron chi connectivity index (χ2n) is 3.75. The van der Waals surface area contributed by atoms with Crippen LogP contribution in [0.5, 0.6) is 0 Å². The molecule has 0 aromatic heterocycles. The molecule has 0 spiro atoms. The van der Waals surface area contributed by atoms with E-state index in [2.05, 4.69) is 17.4 Å². The van der Waals surface area contributed by atoms with Gasteiger partial charge in [0, 0.05) is 20.1 Å². The first-order chi connectivity index (χ1) is 6.13. The van der Waals surface area contributed by atoms with Crippen LogP contribution in [0.15, 0.2) is 0 Å². The number of hydrazine groups is 1. The van der Waals surface area contributed by atoms with Crippen LogP contribution in [-0.2, 0) is 0 Å². The normalized spacial score (nSPS) is 23.2. The smallest absolute Gasteiger partial charge is 0.326 e. The topological polar surface area (TPSA) is 61.6 Å². The van der Waals surface area contributed by atoms with E-state index in [9.17, 15) is 4.79 Å². The van der Waals surface area contributed by atoms with Crippen molar-refractivity contribution in [3.63, 3.8) is 0 Å². The van der Waals surface area contributed by atoms with Gasteiger partial charge in [-0.2, -0.15) is 0 Å². The molecule has 1 aliphatic heterocycles. The predicted octanol–water partition coefficient (Wildman–Crippen LogP) is -0.547. The number of hydrogen-bond acceptors (Lipinski definition) is 3. The number of likely N-dealkylation sites (tertiary alicyclic amines) is 1. The number of rotatable bonds is 2. The summed E-state index contributed by atoms with van der Waals surface area (Å²) in [7, 11) is 3.86. The Hall–Kier alpha value is -0.810. The third-order valence-electron chi connectivity index (χ3n) is 2.49. The number of nitrogens with zero attached hydrogens (tertiary/aromatic N) is 2. The molecule has 0 aromatic rings. The lowest BCUT2D eigenvalue weighted by atomic mass is 10.1. The molecule has 1 heterocycles. The highest BCUT2D eigenvalue weighted by atomic mass is 16.2. The van der Waals surface area contributed by atoms with E-state index in [1.54, 1.807) is 11.9 Å². The van der Waals surface area contributed by atoms with Gasteiger partial charge in [-0.05, 0) is 25.9 Å². The summed E-state index contributed by atoms with van der Waals surface area (Å²) in [6.07, 6.45) is 1.17. The average molecular weight is 186 g/mol. The van der Waals surface area contributed by atoms with Crippen molar-refractivity contribution in [1.29, 1.82) is 0 Å². The lowest BCUT2D eigenvalue weighted by molar-refractivity contribution is 0.201. The molecule has 2 amide bonds. The first-order valence-corrected chi connectivity index (χ1v) is 4.53. The van der Waals surface area contributed by atoms with E-state index in [1.807, 2.05) is 0 Å². The molecule has 1 unspecified atom stereocenters. The first kappa shape index (κ1) is 10.3. The Balaban J connectivity index is 2.28. The van der Waals surface area contributed by atoms with Gasteiger partial charge in [0.1, 0.15) is 0 Å². The quantitative estimate of drug-likeness (QED) is 0.346. The zero-order chi connectivity index (χ0) is 9.84. The van der Waals surface area contributed by atoms with Crippen molar-refractivity contribution in [2.45, 2.75) is 6.42 Å². The summed E-state index contributed by atoms with van der Waals surface area (Å²) in [4.78, 5) is 15.0. The fourth-order valence-corrected chi connectivity index (χ4v) is 1.76. The summed E-state index contributed by atoms with van der Waals surface area (Å²) in [5, 5.41) is 0. The maximum absolute atomic E-state index is 11.1. The molecule has 0 radical (unpaired) electrons. The van der Waals surface area contributed by atoms with E-state index < -0.39 is 0 Å². The van der Waals surface area contributed by atoms with Crippen LogP contribution >= 0.6 is 0 Å². The van der Waals surface area contributed by atoms with Gasteiger partial charge in [0.05, 0.1) is 0 Å². The Morgan fingerprint density at radius 3 is 2.92 bits per heavy atom. The van der Waals surface area contributed by atoms with Gasteiger partial charge in [0.15, 0.2) is 0 Å². The van der Waals surface area contributed by atoms with E-state index in [0.717, 1.165) is 19.6 Å². The number of nitrogens with one attached hydrogen (secondary N) is 1. The second-order valence-corrected chi connectivity index (χ2v) is 3.75. The van der Waals surface area contributed by atoms with Crippen LogP contribution in [0.25, 0.3) is 0 Å². The van der Waals surface area contributed by atoms with Gasteiger partial charge < -0.3 is 9.80 Å². The van der Waals surface area contributed by atoms with Crippen molar-refractivity contribution >= 4 is 6.03 Å². The summed E-state index contributed by atoms with van der Waals surface area (Å²) < 4.78 is 0. The van der Waals surface area contributed by atoms with E-state index >= 15 is 0 Å². The van der Waals surface area contributed by atoms with Gasteiger partial charge in [-0.15, -0.1) is 0 Å². The molecular formula is C8H18N4O. The average Bonchev–Trinajstić information content (AvgIpc) is 2.49. The molecule has 5 nitrogen and oxygen atoms in total. The highest BCUT2D eigenvalue weighted by Crippen LogP contribution is 2.14. The Morgan fingerprint density at radius 2 is 2.46 bits per heavy atom. The second kappa shape index (κ2) is 4.43. The lowest BCUT2D eigenvalue weighted by Gasteiger charge is -2.20. The van der Waals surface area contributed by atoms with Gasteiger partial charge in [0.2, 0.25) is 0 Å². The molecule has 0 saturated carbocycles. The monoisotopic (exact) mass is 186 g/mol. The number of amides is 2. The SMILES string of the molecule is CN1CCC(CN(C)C(=O)NN)C1. The fraction of sp³-hybridized carbons (Fsp3) is 0.875. The number of urea groups is 1. The predicted molar refractivity (Wildman–Crippen MR) is 51.0 cm³/mol. The molecule has 5 heteroatoms. The van der Waals surface area contributed by atoms with Crippen molar-refractivity contribution in [1.82, 2.24) is 15.2 Å². The van der Waals surface area contributed by atoms with Crippen molar-refractivity contribution in [3.8, 4) is 0 Å². The van der Waals surface area contributed by atoms with Crippen LogP contribution < -0.4 is 11.3 Å². The zero-order valence-electron chi connectivity index (χ0n) is 8.29. The molecule has 0 bridgehead atoms. The van der Waals surface area contributed by atoms with Gasteiger partial charge in [-0.25, -0.2) is 10.6 Å². The lowest BCUT2D eigenvalue weighted by Crippen LogP contribution is -2.43. The first-order valence-electron chi connectivity index (χ1n) is 4.53. The van der Waals surface area contributed by atoms with E-state index in [4.69, 9.17) is 5.84 Å². The standard InChI is InChI=1S/C8H18N4O/c1-11-4-3-7(5-11)6-12(2)8(13)10-9/h7H,3-6,9H2,1-2H3,(H,10,13). The van der Waals surface area contributed by atoms with Crippen LogP contribution in [0.3, 0.4) is 0 Å². The minimum absolute atomic E-state index is 0.213. The summed E-state index contributed by atoms with van der Waals surface area (Å²) >= 11 is 0. The van der Waals surface area contributed by atoms with Gasteiger partial charge in [-0.3, -0.25) is 5.43 Å². The van der Waals surface area contributed by atoms with Crippen molar-refractivity contribution in [2.75, 3.05) is 33.7 Å². The maximum atomic E-state index is 11.1. The van der Waals surface area contributed by atoms with Gasteiger partial charge >= 0.3 is 6.03 Å². The Kier molecular flexibility index (Phi) is 3.50. The van der Waals surface area contributed by atoms with Crippen molar-refractivity contribution in [3.05, 3.63) is 0 Å². The van der Waals surface area contributed by atoms with Crippen molar-refractivity contribution < 1.29 is 4.79 Å². The molecule has 13 heavy (non-hydrogen) atoms. The van der Waals surface area contributed by atoms with E-state index in [0.29, 0.717) is 5.92 Å². The number of carbonyl (C=O) groups is 1. The molecule has 76 valence electrons. The van der Waals surface area contributed by atoms with E-state index in [-0.39, 0.29) is 6.03 Å². The molecule has 0 aliphatic carbocycles. The van der Waals surface area contributed by atoms with Crippen LogP contribution in [0.4, 0.5) is 4.79 Å². The number of carbonyl (C=O) groups excluding carboxylic acids is 1. The van der Waals surface area contributed by atoms with Crippen LogP contribution in [-0.4, -0.2) is 49.6 Å². The Morgan fingerprint density at radius 1 is 1.77 bits per heavy atom. The molecule has 1 rings (SSSR count). The van der Waals surface area contributed by atoms with E-state index in [1.165, 1.54) is 6.42 Å². The summed E-state index contributed by atoms with van der Waals surface area (Å²) in [5.41, 5.74) is 2.12. The summed E-state index contributed by atoms with van der Waals surface area (Å²) in [6.45, 7) is 2.98. The summed E-state index contributed by atoms with van der Waals surface area (Å²) in [6, 6.07) is -0.213. The molecular weight excluding hydrogens is 168 g/mol. The van der Waals surface area contributed by atoms with Crippen LogP contribution in [0.2, 0.25) is 0 Å². The van der Waals surface area contributed by atoms with Crippen LogP contribution in [0, 0.1) is 5.92 Å². The third-order valence-corrected chi connectivity index (χ3v) is 2.49. The molecule has 1 saturated heterocycles. The molecule has 1 fully saturated rings. The fourth-order valence-electron chi connectivity index (χ4n) is 1.76. The maximum Gasteiger partial charge on any atom is 0.331 e. The third kappa shape index (κ3) is 2.86. The minimum atomic E-state index is -0.213. The molecule has 1 atom stereocenters. The summed E-state index contributed by atoms with van der Waals surface area (Å²) in [5.74, 6) is 5.61. The van der Waals surface area contributed by atoms with Gasteiger partial charge in [0.25, 0.3) is 0 Å². The van der Waals surface area contributed by atoms with Crippen LogP contribution in [0.1, 0.15) is 6.42 Å². The highest BCUT2D eigenvalue weighted by Gasteiger charge is 2.21.